The van der Waals surface area contributed by atoms with Crippen LogP contribution >= 0.6 is 0 Å². The smallest absolute Gasteiger partial charge is 0.508 e. The Kier molecular flexibility index (Phi) is 3.34. The van der Waals surface area contributed by atoms with E-state index in [1.807, 2.05) is 6.07 Å². The van der Waals surface area contributed by atoms with Crippen molar-refractivity contribution in [3.63, 3.8) is 0 Å². The molecule has 0 fully saturated rings. The fourth-order valence-electron chi connectivity index (χ4n) is 0.992. The molecule has 5 nitrogen and oxygen atoms in total. The van der Waals surface area contributed by atoms with E-state index in [9.17, 15) is 0 Å². The number of benzene rings is 1. The lowest BCUT2D eigenvalue weighted by Crippen LogP contribution is -2.21. The predicted molar refractivity (Wildman–Crippen MR) is 48.5 cm³/mol. The van der Waals surface area contributed by atoms with Gasteiger partial charge in [-0.1, -0.05) is 6.07 Å². The third-order valence-electron chi connectivity index (χ3n) is 1.54. The summed E-state index contributed by atoms with van der Waals surface area (Å²) < 4.78 is 9.51. The molecule has 14 heavy (non-hydrogen) atoms. The summed E-state index contributed by atoms with van der Waals surface area (Å²) in [7, 11) is -0.578. The number of hydrogen-bond donors (Lipinski definition) is 2. The fraction of sp³-hybridized carbons (Fsp3) is 0.125. The van der Waals surface area contributed by atoms with Gasteiger partial charge in [0.05, 0.1) is 12.7 Å². The average Bonchev–Trinajstić information content (AvgIpc) is 2.17. The van der Waals surface area contributed by atoms with Crippen LogP contribution in [0.1, 0.15) is 5.56 Å². The van der Waals surface area contributed by atoms with Crippen molar-refractivity contribution in [3.05, 3.63) is 23.8 Å². The van der Waals surface area contributed by atoms with Gasteiger partial charge >= 0.3 is 7.32 Å². The number of para-hydroxylation sites is 1. The van der Waals surface area contributed by atoms with Crippen LogP contribution in [0.2, 0.25) is 0 Å². The molecule has 0 aromatic heterocycles. The van der Waals surface area contributed by atoms with Crippen molar-refractivity contribution in [1.82, 2.24) is 0 Å². The molecule has 0 radical (unpaired) electrons. The molecule has 0 unspecified atom stereocenters. The molecule has 6 heteroatoms. The summed E-state index contributed by atoms with van der Waals surface area (Å²) in [6.07, 6.45) is 0. The first kappa shape index (κ1) is 10.4. The van der Waals surface area contributed by atoms with Crippen molar-refractivity contribution in [2.75, 3.05) is 7.11 Å². The Morgan fingerprint density at radius 1 is 1.43 bits per heavy atom. The van der Waals surface area contributed by atoms with Crippen molar-refractivity contribution in [2.24, 2.45) is 0 Å². The third-order valence-corrected chi connectivity index (χ3v) is 1.54. The van der Waals surface area contributed by atoms with Gasteiger partial charge in [0.25, 0.3) is 0 Å². The molecule has 1 aromatic rings. The number of rotatable bonds is 3. The lowest BCUT2D eigenvalue weighted by Gasteiger charge is -2.10. The lowest BCUT2D eigenvalue weighted by atomic mass is 10.1. The first-order valence-electron chi connectivity index (χ1n) is 3.79. The zero-order chi connectivity index (χ0) is 10.6. The molecule has 0 spiro atoms. The van der Waals surface area contributed by atoms with Gasteiger partial charge in [0.2, 0.25) is 0 Å². The summed E-state index contributed by atoms with van der Waals surface area (Å²) in [5, 5.41) is 25.9. The summed E-state index contributed by atoms with van der Waals surface area (Å²) in [6.45, 7) is 0. The molecule has 0 heterocycles. The minimum Gasteiger partial charge on any atom is -0.508 e. The standard InChI is InChI=1S/C8H8BNO4/c1-13-7-4-2-3-6(5-10)8(7)14-9(11)12/h2-4,11-12H,1H3. The van der Waals surface area contributed by atoms with Gasteiger partial charge in [0.15, 0.2) is 11.5 Å². The lowest BCUT2D eigenvalue weighted by molar-refractivity contribution is 0.279. The first-order valence-corrected chi connectivity index (χ1v) is 3.79. The molecule has 0 aliphatic rings. The molecule has 0 bridgehead atoms. The quantitative estimate of drug-likeness (QED) is 0.655. The van der Waals surface area contributed by atoms with E-state index in [1.165, 1.54) is 13.2 Å². The molecule has 0 aliphatic heterocycles. The van der Waals surface area contributed by atoms with Crippen LogP contribution in [-0.4, -0.2) is 24.5 Å². The SMILES string of the molecule is COc1cccc(C#N)c1OB(O)O. The van der Waals surface area contributed by atoms with Gasteiger partial charge in [0, 0.05) is 0 Å². The molecule has 1 aromatic carbocycles. The summed E-state index contributed by atoms with van der Waals surface area (Å²) in [4.78, 5) is 0. The molecule has 0 atom stereocenters. The van der Waals surface area contributed by atoms with Gasteiger partial charge in [-0.3, -0.25) is 0 Å². The van der Waals surface area contributed by atoms with E-state index in [1.54, 1.807) is 12.1 Å². The molecular formula is C8H8BNO4. The van der Waals surface area contributed by atoms with E-state index in [0.717, 1.165) is 0 Å². The predicted octanol–water partition coefficient (Wildman–Crippen LogP) is -0.0848. The Morgan fingerprint density at radius 3 is 2.64 bits per heavy atom. The fourth-order valence-corrected chi connectivity index (χ4v) is 0.992. The van der Waals surface area contributed by atoms with Crippen molar-refractivity contribution in [3.8, 4) is 17.6 Å². The summed E-state index contributed by atoms with van der Waals surface area (Å²) in [6, 6.07) is 6.49. The number of ether oxygens (including phenoxy) is 1. The Labute approximate surface area is 81.3 Å². The zero-order valence-corrected chi connectivity index (χ0v) is 7.47. The molecule has 0 saturated heterocycles. The van der Waals surface area contributed by atoms with Crippen LogP contribution in [0, 0.1) is 11.3 Å². The van der Waals surface area contributed by atoms with E-state index in [-0.39, 0.29) is 17.1 Å². The second-order valence-electron chi connectivity index (χ2n) is 2.39. The van der Waals surface area contributed by atoms with Crippen molar-refractivity contribution in [1.29, 1.82) is 5.26 Å². The normalized spacial score (nSPS) is 9.00. The van der Waals surface area contributed by atoms with Crippen LogP contribution in [0.3, 0.4) is 0 Å². The highest BCUT2D eigenvalue weighted by molar-refractivity contribution is 6.33. The monoisotopic (exact) mass is 193 g/mol. The Hall–Kier alpha value is -1.71. The van der Waals surface area contributed by atoms with Gasteiger partial charge in [-0.15, -0.1) is 0 Å². The molecular weight excluding hydrogens is 185 g/mol. The van der Waals surface area contributed by atoms with Crippen LogP contribution in [0.5, 0.6) is 11.5 Å². The topological polar surface area (TPSA) is 82.7 Å². The minimum absolute atomic E-state index is 0.0208. The molecule has 0 aliphatic carbocycles. The van der Waals surface area contributed by atoms with Gasteiger partial charge in [0.1, 0.15) is 6.07 Å². The van der Waals surface area contributed by atoms with Crippen LogP contribution in [0.15, 0.2) is 18.2 Å². The van der Waals surface area contributed by atoms with Gasteiger partial charge in [-0.05, 0) is 12.1 Å². The molecule has 72 valence electrons. The highest BCUT2D eigenvalue weighted by atomic mass is 16.6. The van der Waals surface area contributed by atoms with Crippen LogP contribution in [0.4, 0.5) is 0 Å². The summed E-state index contributed by atoms with van der Waals surface area (Å²) in [5.41, 5.74) is 0.178. The summed E-state index contributed by atoms with van der Waals surface area (Å²) >= 11 is 0. The van der Waals surface area contributed by atoms with Crippen molar-refractivity contribution < 1.29 is 19.4 Å². The van der Waals surface area contributed by atoms with E-state index in [4.69, 9.17) is 20.0 Å². The maximum atomic E-state index is 8.70. The Bertz CT molecular complexity index is 361. The molecule has 2 N–H and O–H groups in total. The van der Waals surface area contributed by atoms with E-state index >= 15 is 0 Å². The minimum atomic E-state index is -1.97. The number of nitriles is 1. The Balaban J connectivity index is 3.14. The Morgan fingerprint density at radius 2 is 2.14 bits per heavy atom. The highest BCUT2D eigenvalue weighted by Gasteiger charge is 2.18. The van der Waals surface area contributed by atoms with Crippen molar-refractivity contribution in [2.45, 2.75) is 0 Å². The van der Waals surface area contributed by atoms with Gasteiger partial charge in [-0.2, -0.15) is 5.26 Å². The van der Waals surface area contributed by atoms with E-state index in [0.29, 0.717) is 0 Å². The second kappa shape index (κ2) is 4.51. The average molecular weight is 193 g/mol. The number of nitrogens with zero attached hydrogens (tertiary/aromatic N) is 1. The van der Waals surface area contributed by atoms with Crippen molar-refractivity contribution >= 4 is 7.32 Å². The largest absolute Gasteiger partial charge is 0.707 e. The maximum absolute atomic E-state index is 8.70. The van der Waals surface area contributed by atoms with Gasteiger partial charge < -0.3 is 19.4 Å². The van der Waals surface area contributed by atoms with Crippen LogP contribution in [0.25, 0.3) is 0 Å². The van der Waals surface area contributed by atoms with E-state index in [2.05, 4.69) is 4.65 Å². The van der Waals surface area contributed by atoms with Crippen LogP contribution < -0.4 is 9.39 Å². The first-order chi connectivity index (χ1) is 6.69. The molecule has 0 saturated carbocycles. The van der Waals surface area contributed by atoms with E-state index < -0.39 is 7.32 Å². The summed E-state index contributed by atoms with van der Waals surface area (Å²) in [5.74, 6) is 0.296. The number of hydrogen-bond acceptors (Lipinski definition) is 5. The number of methoxy groups -OCH3 is 1. The second-order valence-corrected chi connectivity index (χ2v) is 2.39. The third kappa shape index (κ3) is 2.16. The maximum Gasteiger partial charge on any atom is 0.707 e. The zero-order valence-electron chi connectivity index (χ0n) is 7.47. The van der Waals surface area contributed by atoms with Crippen LogP contribution in [-0.2, 0) is 0 Å². The van der Waals surface area contributed by atoms with Gasteiger partial charge in [-0.25, -0.2) is 0 Å². The molecule has 0 amide bonds. The highest BCUT2D eigenvalue weighted by Crippen LogP contribution is 2.30. The molecule has 1 rings (SSSR count).